The van der Waals surface area contributed by atoms with Gasteiger partial charge in [0, 0.05) is 39.0 Å². The van der Waals surface area contributed by atoms with Crippen LogP contribution in [0.2, 0.25) is 0 Å². The maximum atomic E-state index is 12.1. The topological polar surface area (TPSA) is 82.8 Å². The Kier molecular flexibility index (Phi) is 8.12. The summed E-state index contributed by atoms with van der Waals surface area (Å²) in [4.78, 5) is 12.1. The fourth-order valence-electron chi connectivity index (χ4n) is 3.01. The van der Waals surface area contributed by atoms with Gasteiger partial charge in [0.15, 0.2) is 0 Å². The number of rotatable bonds is 9. The standard InChI is InChI=1S/C18H30N2O4/c1-22-10-4-9-20-15-6-2-5-14(13-15)17(19)18(21)24-12-8-16-7-3-11-23-16/h13,16,20H,2-12,19H2,1H3/b17-14+. The summed E-state index contributed by atoms with van der Waals surface area (Å²) >= 11 is 0. The number of hydrogen-bond acceptors (Lipinski definition) is 6. The van der Waals surface area contributed by atoms with Crippen LogP contribution in [0.25, 0.3) is 0 Å². The molecular formula is C18H30N2O4. The predicted octanol–water partition coefficient (Wildman–Crippen LogP) is 2.01. The van der Waals surface area contributed by atoms with Crippen LogP contribution in [0.5, 0.6) is 0 Å². The Bertz CT molecular complexity index is 468. The molecule has 136 valence electrons. The van der Waals surface area contributed by atoms with Crippen molar-refractivity contribution in [1.29, 1.82) is 0 Å². The monoisotopic (exact) mass is 338 g/mol. The van der Waals surface area contributed by atoms with Crippen molar-refractivity contribution < 1.29 is 19.0 Å². The van der Waals surface area contributed by atoms with E-state index in [9.17, 15) is 4.79 Å². The molecule has 2 rings (SSSR count). The van der Waals surface area contributed by atoms with Gasteiger partial charge in [0.25, 0.3) is 0 Å². The highest BCUT2D eigenvalue weighted by atomic mass is 16.5. The van der Waals surface area contributed by atoms with Gasteiger partial charge in [0.05, 0.1) is 12.7 Å². The van der Waals surface area contributed by atoms with Gasteiger partial charge in [-0.05, 0) is 50.2 Å². The quantitative estimate of drug-likeness (QED) is 0.380. The second kappa shape index (κ2) is 10.4. The number of nitrogens with two attached hydrogens (primary N) is 1. The minimum absolute atomic E-state index is 0.226. The minimum atomic E-state index is -0.417. The highest BCUT2D eigenvalue weighted by molar-refractivity contribution is 5.88. The van der Waals surface area contributed by atoms with Gasteiger partial charge >= 0.3 is 5.97 Å². The van der Waals surface area contributed by atoms with Crippen LogP contribution in [0.1, 0.15) is 44.9 Å². The molecule has 0 amide bonds. The summed E-state index contributed by atoms with van der Waals surface area (Å²) < 4.78 is 15.9. The number of ether oxygens (including phenoxy) is 3. The lowest BCUT2D eigenvalue weighted by molar-refractivity contribution is -0.139. The minimum Gasteiger partial charge on any atom is -0.461 e. The molecule has 24 heavy (non-hydrogen) atoms. The van der Waals surface area contributed by atoms with Crippen LogP contribution in [-0.4, -0.2) is 45.5 Å². The number of carbonyl (C=O) groups is 1. The maximum Gasteiger partial charge on any atom is 0.354 e. The summed E-state index contributed by atoms with van der Waals surface area (Å²) in [6, 6.07) is 0. The summed E-state index contributed by atoms with van der Waals surface area (Å²) in [6.07, 6.45) is 8.85. The zero-order chi connectivity index (χ0) is 17.2. The van der Waals surface area contributed by atoms with Crippen LogP contribution < -0.4 is 11.1 Å². The van der Waals surface area contributed by atoms with E-state index in [1.807, 2.05) is 6.08 Å². The van der Waals surface area contributed by atoms with Gasteiger partial charge in [-0.3, -0.25) is 0 Å². The highest BCUT2D eigenvalue weighted by Crippen LogP contribution is 2.22. The number of methoxy groups -OCH3 is 1. The molecule has 0 aromatic carbocycles. The van der Waals surface area contributed by atoms with Crippen LogP contribution in [0.15, 0.2) is 23.0 Å². The van der Waals surface area contributed by atoms with Crippen molar-refractivity contribution in [1.82, 2.24) is 5.32 Å². The van der Waals surface area contributed by atoms with Crippen LogP contribution in [0, 0.1) is 0 Å². The Morgan fingerprint density at radius 3 is 3.00 bits per heavy atom. The first-order chi connectivity index (χ1) is 11.7. The average Bonchev–Trinajstić information content (AvgIpc) is 3.11. The summed E-state index contributed by atoms with van der Waals surface area (Å²) in [5, 5.41) is 3.38. The Hall–Kier alpha value is -1.53. The van der Waals surface area contributed by atoms with Gasteiger partial charge in [-0.25, -0.2) is 4.79 Å². The van der Waals surface area contributed by atoms with Crippen LogP contribution >= 0.6 is 0 Å². The summed E-state index contributed by atoms with van der Waals surface area (Å²) in [7, 11) is 1.70. The smallest absolute Gasteiger partial charge is 0.354 e. The molecule has 0 spiro atoms. The molecule has 3 N–H and O–H groups in total. The Morgan fingerprint density at radius 1 is 1.38 bits per heavy atom. The van der Waals surface area contributed by atoms with E-state index in [0.29, 0.717) is 6.61 Å². The van der Waals surface area contributed by atoms with Gasteiger partial charge in [-0.15, -0.1) is 0 Å². The van der Waals surface area contributed by atoms with E-state index in [1.165, 1.54) is 0 Å². The van der Waals surface area contributed by atoms with Crippen molar-refractivity contribution in [2.45, 2.75) is 51.0 Å². The molecule has 6 heteroatoms. The lowest BCUT2D eigenvalue weighted by atomic mass is 9.97. The average molecular weight is 338 g/mol. The zero-order valence-electron chi connectivity index (χ0n) is 14.6. The van der Waals surface area contributed by atoms with Gasteiger partial charge in [0.2, 0.25) is 0 Å². The summed E-state index contributed by atoms with van der Waals surface area (Å²) in [6.45, 7) is 2.78. The zero-order valence-corrected chi connectivity index (χ0v) is 14.6. The first kappa shape index (κ1) is 18.8. The van der Waals surface area contributed by atoms with Crippen molar-refractivity contribution >= 4 is 5.97 Å². The molecule has 1 aliphatic carbocycles. The van der Waals surface area contributed by atoms with Crippen LogP contribution in [0.4, 0.5) is 0 Å². The van der Waals surface area contributed by atoms with Crippen molar-refractivity contribution in [2.75, 3.05) is 33.5 Å². The molecule has 1 saturated heterocycles. The van der Waals surface area contributed by atoms with Gasteiger partial charge < -0.3 is 25.3 Å². The lowest BCUT2D eigenvalue weighted by Gasteiger charge is -2.18. The molecule has 1 unspecified atom stereocenters. The van der Waals surface area contributed by atoms with Crippen molar-refractivity contribution in [3.63, 3.8) is 0 Å². The van der Waals surface area contributed by atoms with E-state index in [2.05, 4.69) is 5.32 Å². The van der Waals surface area contributed by atoms with Crippen LogP contribution in [0.3, 0.4) is 0 Å². The molecule has 0 saturated carbocycles. The molecule has 0 bridgehead atoms. The molecule has 1 fully saturated rings. The van der Waals surface area contributed by atoms with E-state index in [4.69, 9.17) is 19.9 Å². The van der Waals surface area contributed by atoms with Crippen molar-refractivity contribution in [3.05, 3.63) is 23.0 Å². The van der Waals surface area contributed by atoms with Crippen LogP contribution in [-0.2, 0) is 19.0 Å². The molecule has 1 heterocycles. The van der Waals surface area contributed by atoms with Gasteiger partial charge in [-0.1, -0.05) is 0 Å². The number of carbonyl (C=O) groups excluding carboxylic acids is 1. The maximum absolute atomic E-state index is 12.1. The predicted molar refractivity (Wildman–Crippen MR) is 92.2 cm³/mol. The largest absolute Gasteiger partial charge is 0.461 e. The number of hydrogen-bond donors (Lipinski definition) is 2. The third-order valence-corrected chi connectivity index (χ3v) is 4.38. The number of nitrogens with one attached hydrogen (secondary N) is 1. The summed E-state index contributed by atoms with van der Waals surface area (Å²) in [5.41, 5.74) is 8.24. The SMILES string of the molecule is COCCCNC1=C/C(=C(/N)C(=O)OCCC2CCCO2)CCC1. The van der Waals surface area contributed by atoms with Crippen molar-refractivity contribution in [2.24, 2.45) is 5.73 Å². The Morgan fingerprint density at radius 2 is 2.25 bits per heavy atom. The molecule has 0 radical (unpaired) electrons. The van der Waals surface area contributed by atoms with E-state index in [1.54, 1.807) is 7.11 Å². The van der Waals surface area contributed by atoms with E-state index in [0.717, 1.165) is 76.0 Å². The number of allylic oxidation sites excluding steroid dienone is 3. The molecule has 2 aliphatic rings. The van der Waals surface area contributed by atoms with Gasteiger partial charge in [-0.2, -0.15) is 0 Å². The molecular weight excluding hydrogens is 308 g/mol. The Labute approximate surface area is 144 Å². The fraction of sp³-hybridized carbons (Fsp3) is 0.722. The van der Waals surface area contributed by atoms with Gasteiger partial charge in [0.1, 0.15) is 5.70 Å². The fourth-order valence-corrected chi connectivity index (χ4v) is 3.01. The van der Waals surface area contributed by atoms with E-state index < -0.39 is 5.97 Å². The second-order valence-electron chi connectivity index (χ2n) is 6.29. The molecule has 6 nitrogen and oxygen atoms in total. The molecule has 1 atom stereocenters. The van der Waals surface area contributed by atoms with E-state index in [-0.39, 0.29) is 11.8 Å². The molecule has 1 aliphatic heterocycles. The molecule has 0 aromatic heterocycles. The lowest BCUT2D eigenvalue weighted by Crippen LogP contribution is -2.22. The third-order valence-electron chi connectivity index (χ3n) is 4.38. The first-order valence-corrected chi connectivity index (χ1v) is 8.91. The van der Waals surface area contributed by atoms with Crippen molar-refractivity contribution in [3.8, 4) is 0 Å². The highest BCUT2D eigenvalue weighted by Gasteiger charge is 2.18. The molecule has 0 aromatic rings. The van der Waals surface area contributed by atoms with E-state index >= 15 is 0 Å². The number of esters is 1. The second-order valence-corrected chi connectivity index (χ2v) is 6.29. The first-order valence-electron chi connectivity index (χ1n) is 8.91. The third kappa shape index (κ3) is 6.17. The Balaban J connectivity index is 1.79. The normalized spacial score (nSPS) is 22.9. The summed E-state index contributed by atoms with van der Waals surface area (Å²) in [5.74, 6) is -0.417.